The van der Waals surface area contributed by atoms with E-state index >= 15 is 0 Å². The quantitative estimate of drug-likeness (QED) is 0.201. The van der Waals surface area contributed by atoms with Crippen LogP contribution in [0.2, 0.25) is 0 Å². The first-order valence-corrected chi connectivity index (χ1v) is 10.3. The Morgan fingerprint density at radius 3 is 1.93 bits per heavy atom. The summed E-state index contributed by atoms with van der Waals surface area (Å²) in [5, 5.41) is 0. The van der Waals surface area contributed by atoms with Crippen LogP contribution in [-0.4, -0.2) is 63.8 Å². The molecule has 0 aliphatic carbocycles. The van der Waals surface area contributed by atoms with Crippen LogP contribution in [-0.2, 0) is 50.0 Å². The number of hydrogen-bond donors (Lipinski definition) is 0. The van der Waals surface area contributed by atoms with E-state index in [-0.39, 0.29) is 65.7 Å². The third-order valence-corrected chi connectivity index (χ3v) is 4.62. The monoisotopic (exact) mass is 472 g/mol. The van der Waals surface area contributed by atoms with Gasteiger partial charge in [-0.25, -0.2) is 16.8 Å². The Hall–Kier alpha value is 0.840. The van der Waals surface area contributed by atoms with Gasteiger partial charge in [-0.05, 0) is 12.5 Å². The van der Waals surface area contributed by atoms with Gasteiger partial charge in [0.15, 0.2) is 12.4 Å². The summed E-state index contributed by atoms with van der Waals surface area (Å²) in [6.45, 7) is 1.43. The molecule has 0 aromatic heterocycles. The zero-order valence-electron chi connectivity index (χ0n) is 16.3. The van der Waals surface area contributed by atoms with E-state index in [0.717, 1.165) is 7.11 Å². The third kappa shape index (κ3) is 9.89. The van der Waals surface area contributed by atoms with Crippen LogP contribution in [0.5, 0.6) is 0 Å². The largest absolute Gasteiger partial charge is 1.00 e. The fraction of sp³-hybridized carbons (Fsp3) is 0.571. The van der Waals surface area contributed by atoms with Crippen molar-refractivity contribution in [3.63, 3.8) is 0 Å². The molecule has 0 spiro atoms. The van der Waals surface area contributed by atoms with Gasteiger partial charge in [-0.3, -0.25) is 8.37 Å². The van der Waals surface area contributed by atoms with Crippen LogP contribution in [0, 0.1) is 0 Å². The third-order valence-electron chi connectivity index (χ3n) is 3.70. The molecule has 0 amide bonds. The Balaban J connectivity index is 0.00000392. The molecular weight excluding hydrogens is 454 g/mol. The van der Waals surface area contributed by atoms with Gasteiger partial charge >= 0.3 is 59.1 Å². The molecule has 0 unspecified atom stereocenters. The maximum absolute atomic E-state index is 11.1. The van der Waals surface area contributed by atoms with Crippen molar-refractivity contribution >= 4 is 20.8 Å². The first kappa shape index (κ1) is 29.8. The molecular formula is C14H18Na2O11S2. The predicted molar refractivity (Wildman–Crippen MR) is 85.5 cm³/mol. The summed E-state index contributed by atoms with van der Waals surface area (Å²) in [6, 6.07) is 8.71. The number of hydrogen-bond acceptors (Lipinski definition) is 11. The molecule has 1 heterocycles. The van der Waals surface area contributed by atoms with E-state index < -0.39 is 51.5 Å². The summed E-state index contributed by atoms with van der Waals surface area (Å²) in [6.07, 6.45) is -7.31. The van der Waals surface area contributed by atoms with Gasteiger partial charge in [-0.2, -0.15) is 0 Å². The first-order chi connectivity index (χ1) is 12.5. The molecule has 154 valence electrons. The minimum Gasteiger partial charge on any atom is -0.726 e. The Labute approximate surface area is 213 Å². The zero-order valence-corrected chi connectivity index (χ0v) is 21.9. The number of rotatable bonds is 8. The van der Waals surface area contributed by atoms with Crippen molar-refractivity contribution in [3.8, 4) is 0 Å². The topological polar surface area (TPSA) is 161 Å². The molecule has 0 saturated carbocycles. The van der Waals surface area contributed by atoms with E-state index in [1.165, 1.54) is 6.92 Å². The second-order valence-electron chi connectivity index (χ2n) is 5.64. The standard InChI is InChI=1S/C14H20O11S2.2Na/c1-9-11(22-8-10-6-4-3-5-7-10)12(24-26(15,16)17)13(14(21-2)23-9)25-27(18,19)20;;/h3-7,9,11-14H,8H2,1-2H3,(H,15,16,17)(H,18,19,20);;/q;2*+1/p-2/t9-,11-,12+,13+,14+;;/m0../s1. The van der Waals surface area contributed by atoms with Crippen LogP contribution < -0.4 is 59.1 Å². The molecule has 1 fully saturated rings. The smallest absolute Gasteiger partial charge is 0.726 e. The van der Waals surface area contributed by atoms with Crippen LogP contribution in [0.1, 0.15) is 12.5 Å². The van der Waals surface area contributed by atoms with Crippen molar-refractivity contribution < 1.29 is 108 Å². The molecule has 1 saturated heterocycles. The summed E-state index contributed by atoms with van der Waals surface area (Å²) in [5.41, 5.74) is 0.705. The Morgan fingerprint density at radius 2 is 1.45 bits per heavy atom. The van der Waals surface area contributed by atoms with Gasteiger partial charge in [-0.15, -0.1) is 0 Å². The minimum absolute atomic E-state index is 0. The van der Waals surface area contributed by atoms with Crippen molar-refractivity contribution in [2.45, 2.75) is 44.2 Å². The van der Waals surface area contributed by atoms with E-state index in [0.29, 0.717) is 5.56 Å². The summed E-state index contributed by atoms with van der Waals surface area (Å²) in [5.74, 6) is 0. The molecule has 29 heavy (non-hydrogen) atoms. The fourth-order valence-electron chi connectivity index (χ4n) is 2.64. The fourth-order valence-corrected chi connectivity index (χ4v) is 3.61. The van der Waals surface area contributed by atoms with Crippen LogP contribution >= 0.6 is 0 Å². The van der Waals surface area contributed by atoms with E-state index in [1.807, 2.05) is 0 Å². The van der Waals surface area contributed by atoms with Gasteiger partial charge < -0.3 is 23.3 Å². The van der Waals surface area contributed by atoms with E-state index in [1.54, 1.807) is 30.3 Å². The Morgan fingerprint density at radius 1 is 0.931 bits per heavy atom. The Kier molecular flexibility index (Phi) is 13.1. The minimum atomic E-state index is -5.31. The molecule has 2 rings (SSSR count). The van der Waals surface area contributed by atoms with Gasteiger partial charge in [-0.1, -0.05) is 30.3 Å². The van der Waals surface area contributed by atoms with Gasteiger partial charge in [0.05, 0.1) is 12.7 Å². The average Bonchev–Trinajstić information content (AvgIpc) is 2.55. The summed E-state index contributed by atoms with van der Waals surface area (Å²) >= 11 is 0. The molecule has 0 bridgehead atoms. The number of methoxy groups -OCH3 is 1. The van der Waals surface area contributed by atoms with Crippen LogP contribution in [0.4, 0.5) is 0 Å². The molecule has 1 aliphatic heterocycles. The van der Waals surface area contributed by atoms with Crippen LogP contribution in [0.25, 0.3) is 0 Å². The van der Waals surface area contributed by atoms with Gasteiger partial charge in [0, 0.05) is 7.11 Å². The SMILES string of the molecule is CO[C@@H]1O[C@@H](C)[C@H](OCc2ccccc2)[C@@H](OS(=O)(=O)[O-])[C@H]1OS(=O)(=O)[O-].[Na+].[Na+]. The molecule has 1 aliphatic rings. The first-order valence-electron chi connectivity index (χ1n) is 7.62. The molecule has 5 atom stereocenters. The Bertz CT molecular complexity index is 819. The van der Waals surface area contributed by atoms with E-state index in [9.17, 15) is 25.9 Å². The second-order valence-corrected chi connectivity index (χ2v) is 7.66. The molecule has 1 aromatic carbocycles. The molecule has 11 nitrogen and oxygen atoms in total. The van der Waals surface area contributed by atoms with E-state index in [2.05, 4.69) is 8.37 Å². The molecule has 1 aromatic rings. The van der Waals surface area contributed by atoms with Gasteiger partial charge in [0.1, 0.15) is 12.2 Å². The molecule has 15 heteroatoms. The normalized spacial score (nSPS) is 27.5. The zero-order chi connectivity index (χ0) is 20.2. The summed E-state index contributed by atoms with van der Waals surface area (Å²) in [4.78, 5) is 0. The second kappa shape index (κ2) is 12.8. The van der Waals surface area contributed by atoms with Crippen molar-refractivity contribution in [2.24, 2.45) is 0 Å². The molecule has 0 N–H and O–H groups in total. The van der Waals surface area contributed by atoms with Crippen LogP contribution in [0.15, 0.2) is 30.3 Å². The van der Waals surface area contributed by atoms with Crippen molar-refractivity contribution in [1.29, 1.82) is 0 Å². The van der Waals surface area contributed by atoms with E-state index in [4.69, 9.17) is 14.2 Å². The number of benzene rings is 1. The van der Waals surface area contributed by atoms with Crippen molar-refractivity contribution in [2.75, 3.05) is 7.11 Å². The predicted octanol–water partition coefficient (Wildman–Crippen LogP) is -6.34. The van der Waals surface area contributed by atoms with Crippen LogP contribution in [0.3, 0.4) is 0 Å². The van der Waals surface area contributed by atoms with Crippen molar-refractivity contribution in [1.82, 2.24) is 0 Å². The summed E-state index contributed by atoms with van der Waals surface area (Å²) < 4.78 is 91.1. The van der Waals surface area contributed by atoms with Gasteiger partial charge in [0.25, 0.3) is 0 Å². The van der Waals surface area contributed by atoms with Gasteiger partial charge in [0.2, 0.25) is 20.8 Å². The maximum Gasteiger partial charge on any atom is 1.00 e. The molecule has 0 radical (unpaired) electrons. The summed E-state index contributed by atoms with van der Waals surface area (Å²) in [7, 11) is -9.50. The maximum atomic E-state index is 11.1. The van der Waals surface area contributed by atoms with Crippen molar-refractivity contribution in [3.05, 3.63) is 35.9 Å². The average molecular weight is 472 g/mol. The number of ether oxygens (including phenoxy) is 3.